The molecule has 0 amide bonds. The minimum atomic E-state index is -0.353. The normalized spacial score (nSPS) is 17.6. The van der Waals surface area contributed by atoms with Gasteiger partial charge in [-0.3, -0.25) is 4.90 Å². The number of ether oxygens (including phenoxy) is 3. The number of hydrogen-bond donors (Lipinski definition) is 1. The molecule has 2 aliphatic rings. The molecule has 1 fully saturated rings. The number of methoxy groups -OCH3 is 2. The lowest BCUT2D eigenvalue weighted by atomic mass is 9.79. The molecule has 0 spiro atoms. The van der Waals surface area contributed by atoms with E-state index in [4.69, 9.17) is 14.2 Å². The van der Waals surface area contributed by atoms with E-state index >= 15 is 0 Å². The quantitative estimate of drug-likeness (QED) is 0.350. The van der Waals surface area contributed by atoms with Crippen molar-refractivity contribution in [2.45, 2.75) is 44.4 Å². The van der Waals surface area contributed by atoms with Crippen LogP contribution in [0.5, 0.6) is 17.2 Å². The van der Waals surface area contributed by atoms with Crippen molar-refractivity contribution in [1.82, 2.24) is 4.90 Å². The predicted octanol–water partition coefficient (Wildman–Crippen LogP) is 6.72. The van der Waals surface area contributed by atoms with E-state index in [-0.39, 0.29) is 5.82 Å². The van der Waals surface area contributed by atoms with Crippen LogP contribution in [0.1, 0.15) is 48.3 Å². The Kier molecular flexibility index (Phi) is 8.15. The summed E-state index contributed by atoms with van der Waals surface area (Å²) in [7, 11) is 3.37. The third-order valence-electron chi connectivity index (χ3n) is 7.67. The number of likely N-dealkylation sites (tertiary alicyclic amines) is 1. The summed E-state index contributed by atoms with van der Waals surface area (Å²) in [4.78, 5) is 2.39. The number of fused-ring (bicyclic) bond motifs is 1. The number of halogens is 1. The highest BCUT2D eigenvalue weighted by Crippen LogP contribution is 2.39. The third-order valence-corrected chi connectivity index (χ3v) is 7.67. The number of nitrogens with one attached hydrogen (secondary N) is 1. The topological polar surface area (TPSA) is 43.0 Å². The van der Waals surface area contributed by atoms with E-state index in [0.717, 1.165) is 56.1 Å². The molecule has 0 saturated carbocycles. The van der Waals surface area contributed by atoms with Crippen LogP contribution in [0.25, 0.3) is 0 Å². The van der Waals surface area contributed by atoms with Crippen LogP contribution in [0.3, 0.4) is 0 Å². The summed E-state index contributed by atoms with van der Waals surface area (Å²) in [6, 6.07) is 17.6. The van der Waals surface area contributed by atoms with Crippen molar-refractivity contribution in [3.63, 3.8) is 0 Å². The van der Waals surface area contributed by atoms with E-state index in [9.17, 15) is 4.39 Å². The molecule has 196 valence electrons. The Morgan fingerprint density at radius 1 is 0.892 bits per heavy atom. The van der Waals surface area contributed by atoms with Gasteiger partial charge in [-0.1, -0.05) is 18.6 Å². The van der Waals surface area contributed by atoms with E-state index in [1.807, 2.05) is 24.3 Å². The van der Waals surface area contributed by atoms with Crippen LogP contribution in [0.2, 0.25) is 0 Å². The Morgan fingerprint density at radius 3 is 2.46 bits per heavy atom. The van der Waals surface area contributed by atoms with Crippen molar-refractivity contribution in [2.24, 2.45) is 0 Å². The summed E-state index contributed by atoms with van der Waals surface area (Å²) in [5.74, 6) is 1.98. The van der Waals surface area contributed by atoms with Gasteiger partial charge in [-0.25, -0.2) is 4.39 Å². The molecule has 3 aromatic rings. The van der Waals surface area contributed by atoms with Gasteiger partial charge in [0.1, 0.15) is 18.1 Å². The molecule has 0 bridgehead atoms. The summed E-state index contributed by atoms with van der Waals surface area (Å²) in [6.07, 6.45) is 6.78. The van der Waals surface area contributed by atoms with Crippen LogP contribution < -0.4 is 19.5 Å². The van der Waals surface area contributed by atoms with E-state index < -0.39 is 0 Å². The van der Waals surface area contributed by atoms with E-state index in [0.29, 0.717) is 24.0 Å². The first kappa shape index (κ1) is 25.4. The molecular weight excluding hydrogens is 467 g/mol. The fourth-order valence-corrected chi connectivity index (χ4v) is 5.57. The van der Waals surface area contributed by atoms with Crippen LogP contribution in [0.4, 0.5) is 15.8 Å². The maximum atomic E-state index is 14.9. The van der Waals surface area contributed by atoms with Gasteiger partial charge in [-0.05, 0) is 98.1 Å². The fraction of sp³-hybridized carbons (Fsp3) is 0.419. The standard InChI is InChI=1S/C31H37FN2O3/c1-35-26-10-8-22-18-24(7-6-23(22)19-26)28-12-11-27(36-2)21-30(28)33-25-9-13-31(29(32)20-25)37-17-16-34-14-4-3-5-15-34/h8-13,19-21,24,33H,3-7,14-18H2,1-2H3. The Hall–Kier alpha value is -3.25. The van der Waals surface area contributed by atoms with Gasteiger partial charge in [-0.2, -0.15) is 0 Å². The highest BCUT2D eigenvalue weighted by molar-refractivity contribution is 5.67. The average Bonchev–Trinajstić information content (AvgIpc) is 2.94. The first-order valence-electron chi connectivity index (χ1n) is 13.4. The second-order valence-corrected chi connectivity index (χ2v) is 10.0. The molecule has 1 saturated heterocycles. The molecule has 37 heavy (non-hydrogen) atoms. The molecule has 6 heteroatoms. The van der Waals surface area contributed by atoms with Gasteiger partial charge in [0.2, 0.25) is 0 Å². The smallest absolute Gasteiger partial charge is 0.167 e. The largest absolute Gasteiger partial charge is 0.497 e. The second-order valence-electron chi connectivity index (χ2n) is 10.0. The number of nitrogens with zero attached hydrogens (tertiary/aromatic N) is 1. The van der Waals surface area contributed by atoms with E-state index in [2.05, 4.69) is 28.4 Å². The van der Waals surface area contributed by atoms with Gasteiger partial charge in [0, 0.05) is 30.1 Å². The summed E-state index contributed by atoms with van der Waals surface area (Å²) < 4.78 is 31.6. The van der Waals surface area contributed by atoms with Crippen LogP contribution >= 0.6 is 0 Å². The lowest BCUT2D eigenvalue weighted by molar-refractivity contribution is 0.180. The minimum absolute atomic E-state index is 0.299. The molecular formula is C31H37FN2O3. The van der Waals surface area contributed by atoms with Crippen molar-refractivity contribution < 1.29 is 18.6 Å². The summed E-state index contributed by atoms with van der Waals surface area (Å²) in [6.45, 7) is 3.55. The zero-order chi connectivity index (χ0) is 25.6. The van der Waals surface area contributed by atoms with Crippen molar-refractivity contribution in [1.29, 1.82) is 0 Å². The number of piperidine rings is 1. The van der Waals surface area contributed by atoms with Crippen molar-refractivity contribution in [3.05, 3.63) is 77.1 Å². The Bertz CT molecular complexity index is 1210. The van der Waals surface area contributed by atoms with Crippen LogP contribution in [-0.2, 0) is 12.8 Å². The summed E-state index contributed by atoms with van der Waals surface area (Å²) in [5, 5.41) is 3.46. The van der Waals surface area contributed by atoms with Crippen molar-refractivity contribution >= 4 is 11.4 Å². The first-order chi connectivity index (χ1) is 18.1. The Labute approximate surface area is 219 Å². The number of rotatable bonds is 9. The minimum Gasteiger partial charge on any atom is -0.497 e. The molecule has 1 atom stereocenters. The maximum Gasteiger partial charge on any atom is 0.167 e. The predicted molar refractivity (Wildman–Crippen MR) is 146 cm³/mol. The first-order valence-corrected chi connectivity index (χ1v) is 13.4. The van der Waals surface area contributed by atoms with Crippen LogP contribution in [-0.4, -0.2) is 45.4 Å². The van der Waals surface area contributed by atoms with Gasteiger partial charge < -0.3 is 19.5 Å². The zero-order valence-corrected chi connectivity index (χ0v) is 21.9. The van der Waals surface area contributed by atoms with Crippen LogP contribution in [0.15, 0.2) is 54.6 Å². The van der Waals surface area contributed by atoms with Crippen molar-refractivity contribution in [3.8, 4) is 17.2 Å². The Morgan fingerprint density at radius 2 is 1.68 bits per heavy atom. The van der Waals surface area contributed by atoms with Gasteiger partial charge in [0.15, 0.2) is 11.6 Å². The van der Waals surface area contributed by atoms with Gasteiger partial charge in [-0.15, -0.1) is 0 Å². The molecule has 5 nitrogen and oxygen atoms in total. The lowest BCUT2D eigenvalue weighted by Gasteiger charge is -2.27. The molecule has 0 aromatic heterocycles. The van der Waals surface area contributed by atoms with Gasteiger partial charge in [0.25, 0.3) is 0 Å². The molecule has 1 heterocycles. The molecule has 1 unspecified atom stereocenters. The summed E-state index contributed by atoms with van der Waals surface area (Å²) in [5.41, 5.74) is 5.56. The number of aryl methyl sites for hydroxylation is 1. The lowest BCUT2D eigenvalue weighted by Crippen LogP contribution is -2.33. The molecule has 3 aromatic carbocycles. The number of anilines is 2. The van der Waals surface area contributed by atoms with E-state index in [1.54, 1.807) is 20.3 Å². The highest BCUT2D eigenvalue weighted by Gasteiger charge is 2.23. The molecule has 1 N–H and O–H groups in total. The summed E-state index contributed by atoms with van der Waals surface area (Å²) >= 11 is 0. The fourth-order valence-electron chi connectivity index (χ4n) is 5.57. The number of hydrogen-bond acceptors (Lipinski definition) is 5. The zero-order valence-electron chi connectivity index (χ0n) is 21.9. The monoisotopic (exact) mass is 504 g/mol. The second kappa shape index (κ2) is 11.9. The third kappa shape index (κ3) is 6.19. The van der Waals surface area contributed by atoms with Crippen LogP contribution in [0, 0.1) is 5.82 Å². The molecule has 1 aliphatic carbocycles. The molecule has 5 rings (SSSR count). The molecule has 1 aliphatic heterocycles. The van der Waals surface area contributed by atoms with Gasteiger partial charge >= 0.3 is 0 Å². The highest BCUT2D eigenvalue weighted by atomic mass is 19.1. The maximum absolute atomic E-state index is 14.9. The molecule has 0 radical (unpaired) electrons. The average molecular weight is 505 g/mol. The van der Waals surface area contributed by atoms with Gasteiger partial charge in [0.05, 0.1) is 14.2 Å². The number of benzene rings is 3. The van der Waals surface area contributed by atoms with E-state index in [1.165, 1.54) is 42.0 Å². The SMILES string of the molecule is COc1ccc2c(c1)CCC(c1ccc(OC)cc1Nc1ccc(OCCN3CCCCC3)c(F)c1)C2. The van der Waals surface area contributed by atoms with Crippen molar-refractivity contribution in [2.75, 3.05) is 45.8 Å². The Balaban J connectivity index is 1.29.